The fourth-order valence-electron chi connectivity index (χ4n) is 0.696. The third-order valence-electron chi connectivity index (χ3n) is 1.26. The van der Waals surface area contributed by atoms with Gasteiger partial charge in [0.1, 0.15) is 11.6 Å². The minimum absolute atomic E-state index is 0.113. The molecule has 0 atom stereocenters. The lowest BCUT2D eigenvalue weighted by atomic mass is 10.3. The molecule has 8 heteroatoms. The largest absolute Gasteiger partial charge is 0.395 e. The molecule has 0 radical (unpaired) electrons. The molecule has 1 aromatic heterocycles. The Labute approximate surface area is 83.9 Å². The van der Waals surface area contributed by atoms with Crippen LogP contribution in [0.5, 0.6) is 0 Å². The molecule has 0 saturated carbocycles. The molecule has 1 heterocycles. The normalized spacial score (nSPS) is 11.4. The molecule has 0 spiro atoms. The Balaban J connectivity index is 3.01. The second-order valence-electron chi connectivity index (χ2n) is 2.21. The summed E-state index contributed by atoms with van der Waals surface area (Å²) in [5.74, 6) is -0.752. The van der Waals surface area contributed by atoms with E-state index in [4.69, 9.17) is 16.3 Å². The number of primary amides is 1. The van der Waals surface area contributed by atoms with Gasteiger partial charge in [-0.1, -0.05) is 9.64 Å². The van der Waals surface area contributed by atoms with Gasteiger partial charge in [-0.15, -0.1) is 5.10 Å². The van der Waals surface area contributed by atoms with Crippen molar-refractivity contribution in [2.75, 3.05) is 12.3 Å². The molecule has 7 nitrogen and oxygen atoms in total. The highest BCUT2D eigenvalue weighted by Gasteiger charge is 2.18. The average Bonchev–Trinajstić information content (AvgIpc) is 2.52. The molecule has 0 saturated heterocycles. The first-order chi connectivity index (χ1) is 6.66. The Morgan fingerprint density at radius 1 is 1.71 bits per heavy atom. The van der Waals surface area contributed by atoms with Crippen LogP contribution in [0.25, 0.3) is 0 Å². The van der Waals surface area contributed by atoms with Gasteiger partial charge in [-0.25, -0.2) is 0 Å². The van der Waals surface area contributed by atoms with E-state index in [-0.39, 0.29) is 16.4 Å². The van der Waals surface area contributed by atoms with Crippen LogP contribution >= 0.6 is 11.5 Å². The summed E-state index contributed by atoms with van der Waals surface area (Å²) in [4.78, 5) is 15.7. The minimum Gasteiger partial charge on any atom is -0.395 e. The number of hydrogen-bond donors (Lipinski definition) is 2. The minimum atomic E-state index is -0.752. The third-order valence-corrected chi connectivity index (χ3v) is 1.81. The first-order valence-electron chi connectivity index (χ1n) is 3.74. The zero-order valence-corrected chi connectivity index (χ0v) is 8.24. The van der Waals surface area contributed by atoms with Gasteiger partial charge in [0.2, 0.25) is 0 Å². The molecule has 0 aromatic carbocycles. The van der Waals surface area contributed by atoms with Gasteiger partial charge < -0.3 is 16.3 Å². The van der Waals surface area contributed by atoms with Crippen LogP contribution < -0.4 is 11.5 Å². The van der Waals surface area contributed by atoms with Gasteiger partial charge in [0.15, 0.2) is 11.4 Å². The maximum absolute atomic E-state index is 10.9. The fourth-order valence-corrected chi connectivity index (χ4v) is 1.13. The second kappa shape index (κ2) is 4.51. The van der Waals surface area contributed by atoms with E-state index in [2.05, 4.69) is 14.7 Å². The first-order valence-corrected chi connectivity index (χ1v) is 4.52. The number of nitrogens with two attached hydrogens (primary N) is 2. The Morgan fingerprint density at radius 2 is 2.43 bits per heavy atom. The van der Waals surface area contributed by atoms with Crippen LogP contribution in [-0.2, 0) is 9.63 Å². The van der Waals surface area contributed by atoms with E-state index >= 15 is 0 Å². The van der Waals surface area contributed by atoms with Crippen LogP contribution in [0.4, 0.5) is 5.00 Å². The number of aromatic nitrogens is 2. The van der Waals surface area contributed by atoms with Crippen molar-refractivity contribution in [3.63, 3.8) is 0 Å². The Hall–Kier alpha value is -1.70. The third kappa shape index (κ3) is 2.16. The Kier molecular flexibility index (Phi) is 3.35. The Morgan fingerprint density at radius 3 is 2.86 bits per heavy atom. The summed E-state index contributed by atoms with van der Waals surface area (Å²) in [7, 11) is 0. The van der Waals surface area contributed by atoms with Gasteiger partial charge in [-0.05, 0) is 6.92 Å². The van der Waals surface area contributed by atoms with E-state index in [0.717, 1.165) is 11.5 Å². The quantitative estimate of drug-likeness (QED) is 0.511. The number of amides is 1. The van der Waals surface area contributed by atoms with Crippen molar-refractivity contribution in [1.29, 1.82) is 0 Å². The number of nitrogens with zero attached hydrogens (tertiary/aromatic N) is 3. The number of oxime groups is 1. The molecule has 1 rings (SSSR count). The lowest BCUT2D eigenvalue weighted by molar-refractivity contribution is -0.112. The smallest absolute Gasteiger partial charge is 0.273 e. The molecule has 0 unspecified atom stereocenters. The van der Waals surface area contributed by atoms with Crippen LogP contribution in [0.1, 0.15) is 12.6 Å². The summed E-state index contributed by atoms with van der Waals surface area (Å²) in [5, 5.41) is 7.41. The van der Waals surface area contributed by atoms with Gasteiger partial charge in [-0.2, -0.15) is 0 Å². The van der Waals surface area contributed by atoms with E-state index in [1.54, 1.807) is 6.92 Å². The van der Waals surface area contributed by atoms with E-state index in [9.17, 15) is 4.79 Å². The summed E-state index contributed by atoms with van der Waals surface area (Å²) in [6.07, 6.45) is 0. The predicted molar refractivity (Wildman–Crippen MR) is 51.7 cm³/mol. The van der Waals surface area contributed by atoms with E-state index in [1.807, 2.05) is 0 Å². The zero-order valence-electron chi connectivity index (χ0n) is 7.43. The van der Waals surface area contributed by atoms with Gasteiger partial charge in [0.05, 0.1) is 0 Å². The molecule has 4 N–H and O–H groups in total. The highest BCUT2D eigenvalue weighted by molar-refractivity contribution is 7.10. The second-order valence-corrected chi connectivity index (χ2v) is 2.99. The molecule has 0 bridgehead atoms. The molecule has 0 aliphatic rings. The van der Waals surface area contributed by atoms with Gasteiger partial charge >= 0.3 is 0 Å². The monoisotopic (exact) mass is 215 g/mol. The van der Waals surface area contributed by atoms with Crippen molar-refractivity contribution in [2.24, 2.45) is 10.9 Å². The Bertz CT molecular complexity index is 361. The van der Waals surface area contributed by atoms with Crippen molar-refractivity contribution >= 4 is 28.2 Å². The van der Waals surface area contributed by atoms with Gasteiger partial charge in [-0.3, -0.25) is 4.79 Å². The van der Waals surface area contributed by atoms with Crippen LogP contribution in [-0.4, -0.2) is 27.8 Å². The summed E-state index contributed by atoms with van der Waals surface area (Å²) in [6, 6.07) is 0. The van der Waals surface area contributed by atoms with Crippen LogP contribution in [0.15, 0.2) is 5.16 Å². The van der Waals surface area contributed by atoms with E-state index in [1.165, 1.54) is 0 Å². The van der Waals surface area contributed by atoms with Crippen LogP contribution in [0, 0.1) is 0 Å². The summed E-state index contributed by atoms with van der Waals surface area (Å²) in [5.41, 5.74) is 10.6. The molecule has 14 heavy (non-hydrogen) atoms. The molecular formula is C6H9N5O2S. The van der Waals surface area contributed by atoms with Crippen LogP contribution in [0.3, 0.4) is 0 Å². The topological polar surface area (TPSA) is 116 Å². The fraction of sp³-hybridized carbons (Fsp3) is 0.333. The average molecular weight is 215 g/mol. The zero-order chi connectivity index (χ0) is 10.6. The lowest BCUT2D eigenvalue weighted by Crippen LogP contribution is -2.25. The van der Waals surface area contributed by atoms with Gasteiger partial charge in [0, 0.05) is 11.5 Å². The van der Waals surface area contributed by atoms with Crippen molar-refractivity contribution in [1.82, 2.24) is 9.59 Å². The summed E-state index contributed by atoms with van der Waals surface area (Å²) >= 11 is 0.956. The maximum atomic E-state index is 10.9. The van der Waals surface area contributed by atoms with Gasteiger partial charge in [0.25, 0.3) is 5.91 Å². The maximum Gasteiger partial charge on any atom is 0.273 e. The highest BCUT2D eigenvalue weighted by atomic mass is 32.1. The number of nitrogen functional groups attached to an aromatic ring is 1. The van der Waals surface area contributed by atoms with Crippen molar-refractivity contribution in [3.8, 4) is 0 Å². The van der Waals surface area contributed by atoms with Crippen LogP contribution in [0.2, 0.25) is 0 Å². The van der Waals surface area contributed by atoms with E-state index in [0.29, 0.717) is 6.61 Å². The number of anilines is 1. The number of carbonyl (C=O) groups is 1. The number of hydrogen-bond acceptors (Lipinski definition) is 7. The van der Waals surface area contributed by atoms with Crippen molar-refractivity contribution < 1.29 is 9.63 Å². The molecule has 76 valence electrons. The highest BCUT2D eigenvalue weighted by Crippen LogP contribution is 2.13. The molecule has 0 aliphatic heterocycles. The van der Waals surface area contributed by atoms with Crippen molar-refractivity contribution in [2.45, 2.75) is 6.92 Å². The molecular weight excluding hydrogens is 206 g/mol. The summed E-state index contributed by atoms with van der Waals surface area (Å²) in [6.45, 7) is 2.05. The predicted octanol–water partition coefficient (Wildman–Crippen LogP) is -0.654. The van der Waals surface area contributed by atoms with E-state index < -0.39 is 5.91 Å². The SMILES string of the molecule is CCON=C(C(N)=O)c1nnsc1N. The molecule has 1 aromatic rings. The first kappa shape index (κ1) is 10.4. The number of rotatable bonds is 4. The molecule has 0 fully saturated rings. The molecule has 1 amide bonds. The summed E-state index contributed by atoms with van der Waals surface area (Å²) < 4.78 is 3.56. The standard InChI is InChI=1S/C6H9N5O2S/c1-2-13-10-3(5(7)12)4-6(8)14-11-9-4/h2,8H2,1H3,(H2,7,12). The number of carbonyl (C=O) groups excluding carboxylic acids is 1. The molecule has 0 aliphatic carbocycles. The van der Waals surface area contributed by atoms with Crippen molar-refractivity contribution in [3.05, 3.63) is 5.69 Å². The lowest BCUT2D eigenvalue weighted by Gasteiger charge is -1.98.